The number of nitrogens with zero attached hydrogens (tertiary/aromatic N) is 2. The van der Waals surface area contributed by atoms with Crippen LogP contribution in [0.3, 0.4) is 0 Å². The molecule has 0 atom stereocenters. The molecule has 114 valence electrons. The van der Waals surface area contributed by atoms with Crippen LogP contribution in [0.25, 0.3) is 0 Å². The van der Waals surface area contributed by atoms with Crippen LogP contribution in [0.5, 0.6) is 11.5 Å². The minimum Gasteiger partial charge on any atom is -0.497 e. The predicted octanol–water partition coefficient (Wildman–Crippen LogP) is 2.15. The summed E-state index contributed by atoms with van der Waals surface area (Å²) < 4.78 is 10.6. The van der Waals surface area contributed by atoms with Gasteiger partial charge in [-0.1, -0.05) is 6.07 Å². The molecule has 1 aromatic carbocycles. The van der Waals surface area contributed by atoms with E-state index in [4.69, 9.17) is 9.47 Å². The molecule has 0 bridgehead atoms. The number of hydrogen-bond donors (Lipinski definition) is 1. The quantitative estimate of drug-likeness (QED) is 0.810. The first-order valence-corrected chi connectivity index (χ1v) is 7.57. The number of methoxy groups -OCH3 is 2. The molecular formula is C15H20N2O3S. The van der Waals surface area contributed by atoms with Crippen molar-refractivity contribution in [1.29, 1.82) is 0 Å². The van der Waals surface area contributed by atoms with Crippen LogP contribution in [0.4, 0.5) is 0 Å². The maximum atomic E-state index is 9.24. The largest absolute Gasteiger partial charge is 0.497 e. The maximum Gasteiger partial charge on any atom is 0.127 e. The molecule has 1 heterocycles. The van der Waals surface area contributed by atoms with Crippen LogP contribution in [0.2, 0.25) is 0 Å². The molecule has 0 fully saturated rings. The molecule has 0 saturated carbocycles. The van der Waals surface area contributed by atoms with Gasteiger partial charge >= 0.3 is 0 Å². The molecule has 0 spiro atoms. The van der Waals surface area contributed by atoms with Gasteiger partial charge in [0.2, 0.25) is 0 Å². The fourth-order valence-electron chi connectivity index (χ4n) is 2.10. The fourth-order valence-corrected chi connectivity index (χ4v) is 2.76. The van der Waals surface area contributed by atoms with Gasteiger partial charge in [0.15, 0.2) is 0 Å². The van der Waals surface area contributed by atoms with Gasteiger partial charge in [0.05, 0.1) is 27.4 Å². The Morgan fingerprint density at radius 1 is 1.24 bits per heavy atom. The molecule has 0 unspecified atom stereocenters. The van der Waals surface area contributed by atoms with Crippen molar-refractivity contribution < 1.29 is 14.6 Å². The van der Waals surface area contributed by atoms with Crippen molar-refractivity contribution in [3.05, 3.63) is 40.3 Å². The molecule has 1 N–H and O–H groups in total. The summed E-state index contributed by atoms with van der Waals surface area (Å²) in [6.45, 7) is 2.11. The highest BCUT2D eigenvalue weighted by Crippen LogP contribution is 2.26. The highest BCUT2D eigenvalue weighted by molar-refractivity contribution is 7.09. The maximum absolute atomic E-state index is 9.24. The summed E-state index contributed by atoms with van der Waals surface area (Å²) in [6.07, 6.45) is 1.80. The Bertz CT molecular complexity index is 546. The van der Waals surface area contributed by atoms with E-state index in [9.17, 15) is 5.11 Å². The van der Waals surface area contributed by atoms with Crippen LogP contribution in [-0.2, 0) is 13.1 Å². The summed E-state index contributed by atoms with van der Waals surface area (Å²) in [5, 5.41) is 12.2. The molecule has 0 aliphatic carbocycles. The molecule has 2 rings (SSSR count). The van der Waals surface area contributed by atoms with Crippen molar-refractivity contribution in [3.8, 4) is 11.5 Å². The van der Waals surface area contributed by atoms with Crippen molar-refractivity contribution in [3.63, 3.8) is 0 Å². The standard InChI is InChI=1S/C15H20N2O3S/c1-19-13-4-3-12(14(9-13)20-2)10-17(6-7-18)11-15-16-5-8-21-15/h3-5,8-9,18H,6-7,10-11H2,1-2H3. The zero-order chi connectivity index (χ0) is 15.1. The van der Waals surface area contributed by atoms with Gasteiger partial charge in [-0.05, 0) is 6.07 Å². The van der Waals surface area contributed by atoms with Crippen LogP contribution < -0.4 is 9.47 Å². The van der Waals surface area contributed by atoms with Crippen LogP contribution in [-0.4, -0.2) is 42.4 Å². The van der Waals surface area contributed by atoms with Crippen LogP contribution >= 0.6 is 11.3 Å². The fraction of sp³-hybridized carbons (Fsp3) is 0.400. The first-order chi connectivity index (χ1) is 10.3. The number of aliphatic hydroxyl groups is 1. The molecule has 6 heteroatoms. The Labute approximate surface area is 128 Å². The van der Waals surface area contributed by atoms with Crippen molar-refractivity contribution in [2.75, 3.05) is 27.4 Å². The summed E-state index contributed by atoms with van der Waals surface area (Å²) in [5.74, 6) is 1.56. The first kappa shape index (κ1) is 15.8. The lowest BCUT2D eigenvalue weighted by atomic mass is 10.1. The Hall–Kier alpha value is -1.63. The lowest BCUT2D eigenvalue weighted by Crippen LogP contribution is -2.26. The molecule has 5 nitrogen and oxygen atoms in total. The number of aliphatic hydroxyl groups excluding tert-OH is 1. The lowest BCUT2D eigenvalue weighted by Gasteiger charge is -2.21. The van der Waals surface area contributed by atoms with Crippen LogP contribution in [0.15, 0.2) is 29.8 Å². The topological polar surface area (TPSA) is 54.8 Å². The second-order valence-electron chi connectivity index (χ2n) is 4.54. The normalized spacial score (nSPS) is 10.9. The zero-order valence-electron chi connectivity index (χ0n) is 12.3. The second kappa shape index (κ2) is 7.97. The molecule has 0 amide bonds. The summed E-state index contributed by atoms with van der Waals surface area (Å²) in [5.41, 5.74) is 1.06. The van der Waals surface area contributed by atoms with E-state index in [-0.39, 0.29) is 6.61 Å². The van der Waals surface area contributed by atoms with Crippen LogP contribution in [0.1, 0.15) is 10.6 Å². The van der Waals surface area contributed by atoms with E-state index in [1.807, 2.05) is 23.6 Å². The van der Waals surface area contributed by atoms with Gasteiger partial charge in [0.25, 0.3) is 0 Å². The van der Waals surface area contributed by atoms with E-state index >= 15 is 0 Å². The van der Waals surface area contributed by atoms with E-state index in [2.05, 4.69) is 9.88 Å². The van der Waals surface area contributed by atoms with Crippen molar-refractivity contribution in [2.45, 2.75) is 13.1 Å². The molecule has 2 aromatic rings. The second-order valence-corrected chi connectivity index (χ2v) is 5.52. The number of ether oxygens (including phenoxy) is 2. The third kappa shape index (κ3) is 4.42. The molecule has 1 aromatic heterocycles. The minimum absolute atomic E-state index is 0.115. The number of aromatic nitrogens is 1. The lowest BCUT2D eigenvalue weighted by molar-refractivity contribution is 0.182. The smallest absolute Gasteiger partial charge is 0.127 e. The summed E-state index contributed by atoms with van der Waals surface area (Å²) in [4.78, 5) is 6.44. The zero-order valence-corrected chi connectivity index (χ0v) is 13.1. The molecular weight excluding hydrogens is 288 g/mol. The van der Waals surface area contributed by atoms with Crippen LogP contribution in [0, 0.1) is 0 Å². The summed E-state index contributed by atoms with van der Waals surface area (Å²) in [7, 11) is 3.28. The van der Waals surface area contributed by atoms with E-state index in [0.717, 1.165) is 22.1 Å². The summed E-state index contributed by atoms with van der Waals surface area (Å²) >= 11 is 1.62. The Morgan fingerprint density at radius 3 is 2.71 bits per heavy atom. The highest BCUT2D eigenvalue weighted by Gasteiger charge is 2.12. The number of hydrogen-bond acceptors (Lipinski definition) is 6. The SMILES string of the molecule is COc1ccc(CN(CCO)Cc2nccs2)c(OC)c1. The third-order valence-electron chi connectivity index (χ3n) is 3.15. The number of thiazole rings is 1. The van der Waals surface area contributed by atoms with Gasteiger partial charge in [-0.15, -0.1) is 11.3 Å². The minimum atomic E-state index is 0.115. The average molecular weight is 308 g/mol. The Balaban J connectivity index is 2.12. The molecule has 21 heavy (non-hydrogen) atoms. The third-order valence-corrected chi connectivity index (χ3v) is 3.91. The van der Waals surface area contributed by atoms with Gasteiger partial charge < -0.3 is 14.6 Å². The van der Waals surface area contributed by atoms with E-state index < -0.39 is 0 Å². The number of rotatable bonds is 8. The van der Waals surface area contributed by atoms with Crippen molar-refractivity contribution in [1.82, 2.24) is 9.88 Å². The molecule has 0 saturated heterocycles. The van der Waals surface area contributed by atoms with E-state index in [1.54, 1.807) is 31.8 Å². The molecule has 0 aliphatic heterocycles. The van der Waals surface area contributed by atoms with Crippen molar-refractivity contribution >= 4 is 11.3 Å². The Morgan fingerprint density at radius 2 is 2.10 bits per heavy atom. The van der Waals surface area contributed by atoms with Gasteiger partial charge in [0.1, 0.15) is 16.5 Å². The monoisotopic (exact) mass is 308 g/mol. The summed E-state index contributed by atoms with van der Waals surface area (Å²) in [6, 6.07) is 5.78. The van der Waals surface area contributed by atoms with Gasteiger partial charge in [-0.2, -0.15) is 0 Å². The molecule has 0 aliphatic rings. The average Bonchev–Trinajstić information content (AvgIpc) is 3.00. The van der Waals surface area contributed by atoms with E-state index in [1.165, 1.54) is 0 Å². The number of benzene rings is 1. The molecule has 0 radical (unpaired) electrons. The van der Waals surface area contributed by atoms with Gasteiger partial charge in [0, 0.05) is 36.3 Å². The van der Waals surface area contributed by atoms with Crippen molar-refractivity contribution in [2.24, 2.45) is 0 Å². The van der Waals surface area contributed by atoms with Gasteiger partial charge in [-0.3, -0.25) is 4.90 Å². The predicted molar refractivity (Wildman–Crippen MR) is 82.9 cm³/mol. The van der Waals surface area contributed by atoms with E-state index in [0.29, 0.717) is 19.6 Å². The Kier molecular flexibility index (Phi) is 5.98. The highest BCUT2D eigenvalue weighted by atomic mass is 32.1. The van der Waals surface area contributed by atoms with Gasteiger partial charge in [-0.25, -0.2) is 4.98 Å². The first-order valence-electron chi connectivity index (χ1n) is 6.69.